The van der Waals surface area contributed by atoms with Crippen molar-refractivity contribution in [3.8, 4) is 22.3 Å². The van der Waals surface area contributed by atoms with Crippen LogP contribution in [0.4, 0.5) is 15.3 Å². The number of aliphatic imine (C=N–C) groups is 1. The fraction of sp³-hybridized carbons (Fsp3) is 0.489. The molecular weight excluding hydrogens is 759 g/mol. The lowest BCUT2D eigenvalue weighted by molar-refractivity contribution is -0.136. The number of aryl methyl sites for hydroxylation is 1. The molecule has 3 aliphatic heterocycles. The molecule has 0 spiro atoms. The Morgan fingerprint density at radius 1 is 0.683 bits per heavy atom. The number of carbonyl (C=O) groups excluding carboxylic acids is 4. The fourth-order valence-electron chi connectivity index (χ4n) is 9.34. The maximum atomic E-state index is 13.9. The lowest BCUT2D eigenvalue weighted by Crippen LogP contribution is -2.54. The number of likely N-dealkylation sites (tertiary alicyclic amines) is 2. The Morgan fingerprint density at radius 2 is 1.17 bits per heavy atom. The first-order chi connectivity index (χ1) is 28.6. The molecule has 2 saturated heterocycles. The molecule has 1 unspecified atom stereocenters. The SMILES string of the molecule is COC(=O)N[C@H](C(=O)N1C[C@@H](C)C[C@H]1C1=Nc2ccc(-c3ccc(-c4ccc5nc([C@@H]6C[C@H](C)CN6C(=O)[C@@H](NC(=O)OC)C(C)C)n(C)c5c4)cc3)cc2C1C)C(C)C. The standard InChI is InChI=1S/C47H59N7O6/c1-25(2)40(50-46(57)59-9)44(55)53-23-27(5)19-38(53)42-29(7)34-21-32(15-17-35(34)48-42)30-11-13-31(14-12-30)33-16-18-36-37(22-33)52(8)43(49-36)39-20-28(6)24-54(39)45(56)41(26(3)4)51-47(58)60-10/h11-18,21-22,25-29,38-41H,19-20,23-24H2,1-10H3,(H,50,57)(H,51,58)/t27-,28-,29?,38-,39-,40-,41-/m0/s1. The van der Waals surface area contributed by atoms with Gasteiger partial charge in [-0.05, 0) is 88.6 Å². The third kappa shape index (κ3) is 8.10. The van der Waals surface area contributed by atoms with E-state index in [9.17, 15) is 19.2 Å². The Hall–Kier alpha value is -5.72. The molecule has 13 heteroatoms. The number of rotatable bonds is 10. The minimum absolute atomic E-state index is 0.0252. The van der Waals surface area contributed by atoms with Crippen molar-refractivity contribution in [1.29, 1.82) is 0 Å². The molecule has 3 aromatic carbocycles. The van der Waals surface area contributed by atoms with Crippen LogP contribution in [0.3, 0.4) is 0 Å². The van der Waals surface area contributed by atoms with Crippen molar-refractivity contribution in [2.75, 3.05) is 27.3 Å². The first-order valence-electron chi connectivity index (χ1n) is 21.2. The lowest BCUT2D eigenvalue weighted by Gasteiger charge is -2.32. The van der Waals surface area contributed by atoms with Gasteiger partial charge in [0.05, 0.1) is 43.0 Å². The number of methoxy groups -OCH3 is 2. The maximum Gasteiger partial charge on any atom is 0.407 e. The Morgan fingerprint density at radius 3 is 1.70 bits per heavy atom. The average molecular weight is 818 g/mol. The molecule has 3 aliphatic rings. The molecule has 4 aromatic rings. The monoisotopic (exact) mass is 817 g/mol. The summed E-state index contributed by atoms with van der Waals surface area (Å²) >= 11 is 0. The number of hydrogen-bond acceptors (Lipinski definition) is 8. The predicted octanol–water partition coefficient (Wildman–Crippen LogP) is 8.00. The molecule has 0 bridgehead atoms. The minimum Gasteiger partial charge on any atom is -0.453 e. The molecule has 0 radical (unpaired) electrons. The van der Waals surface area contributed by atoms with E-state index in [4.69, 9.17) is 19.5 Å². The zero-order valence-corrected chi connectivity index (χ0v) is 36.5. The number of ether oxygens (including phenoxy) is 2. The summed E-state index contributed by atoms with van der Waals surface area (Å²) < 4.78 is 11.7. The van der Waals surface area contributed by atoms with Gasteiger partial charge in [0.15, 0.2) is 0 Å². The Balaban J connectivity index is 1.08. The number of nitrogens with zero attached hydrogens (tertiary/aromatic N) is 5. The first-order valence-corrected chi connectivity index (χ1v) is 21.2. The van der Waals surface area contributed by atoms with Gasteiger partial charge in [-0.15, -0.1) is 0 Å². The quantitative estimate of drug-likeness (QED) is 0.165. The van der Waals surface area contributed by atoms with Crippen molar-refractivity contribution in [3.63, 3.8) is 0 Å². The van der Waals surface area contributed by atoms with Gasteiger partial charge in [-0.25, -0.2) is 14.6 Å². The molecule has 0 saturated carbocycles. The van der Waals surface area contributed by atoms with Crippen LogP contribution in [-0.4, -0.2) is 94.5 Å². The van der Waals surface area contributed by atoms with Gasteiger partial charge in [0.1, 0.15) is 17.9 Å². The highest BCUT2D eigenvalue weighted by Crippen LogP contribution is 2.43. The normalized spacial score (nSPS) is 22.2. The Bertz CT molecular complexity index is 2320. The molecule has 4 amide bonds. The van der Waals surface area contributed by atoms with Crippen molar-refractivity contribution in [2.45, 2.75) is 91.4 Å². The van der Waals surface area contributed by atoms with Gasteiger partial charge in [-0.3, -0.25) is 14.6 Å². The highest BCUT2D eigenvalue weighted by molar-refractivity contribution is 6.04. The minimum atomic E-state index is -0.702. The van der Waals surface area contributed by atoms with E-state index in [-0.39, 0.29) is 47.6 Å². The van der Waals surface area contributed by atoms with E-state index < -0.39 is 24.3 Å². The topological polar surface area (TPSA) is 147 Å². The molecule has 2 N–H and O–H groups in total. The van der Waals surface area contributed by atoms with Crippen LogP contribution in [0.25, 0.3) is 33.3 Å². The van der Waals surface area contributed by atoms with E-state index in [0.29, 0.717) is 19.0 Å². The van der Waals surface area contributed by atoms with Gasteiger partial charge in [0.25, 0.3) is 0 Å². The van der Waals surface area contributed by atoms with Crippen molar-refractivity contribution in [1.82, 2.24) is 30.0 Å². The highest BCUT2D eigenvalue weighted by atomic mass is 16.5. The molecule has 0 aliphatic carbocycles. The summed E-state index contributed by atoms with van der Waals surface area (Å²) in [5.41, 5.74) is 9.21. The number of aromatic nitrogens is 2. The predicted molar refractivity (Wildman–Crippen MR) is 233 cm³/mol. The van der Waals surface area contributed by atoms with Gasteiger partial charge in [0.2, 0.25) is 11.8 Å². The molecule has 4 heterocycles. The van der Waals surface area contributed by atoms with Crippen LogP contribution in [0.2, 0.25) is 0 Å². The van der Waals surface area contributed by atoms with Crippen LogP contribution in [-0.2, 0) is 26.1 Å². The molecule has 7 rings (SSSR count). The van der Waals surface area contributed by atoms with E-state index in [1.807, 2.05) is 50.6 Å². The van der Waals surface area contributed by atoms with Crippen LogP contribution in [0, 0.1) is 23.7 Å². The average Bonchev–Trinajstić information content (AvgIpc) is 4.00. The van der Waals surface area contributed by atoms with Gasteiger partial charge < -0.3 is 34.5 Å². The fourth-order valence-corrected chi connectivity index (χ4v) is 9.34. The smallest absolute Gasteiger partial charge is 0.407 e. The second-order valence-corrected chi connectivity index (χ2v) is 17.8. The van der Waals surface area contributed by atoms with E-state index in [1.54, 1.807) is 0 Å². The van der Waals surface area contributed by atoms with Gasteiger partial charge >= 0.3 is 12.2 Å². The summed E-state index contributed by atoms with van der Waals surface area (Å²) in [5.74, 6) is 0.976. The second kappa shape index (κ2) is 17.1. The molecule has 318 valence electrons. The number of imidazole rings is 1. The van der Waals surface area contributed by atoms with E-state index in [2.05, 4.69) is 90.6 Å². The molecule has 7 atom stereocenters. The Kier molecular flexibility index (Phi) is 12.1. The zero-order chi connectivity index (χ0) is 43.2. The van der Waals surface area contributed by atoms with Crippen LogP contribution in [0.15, 0.2) is 65.7 Å². The number of nitrogens with one attached hydrogen (secondary N) is 2. The number of benzene rings is 3. The summed E-state index contributed by atoms with van der Waals surface area (Å²) in [6, 6.07) is 19.5. The first kappa shape index (κ1) is 42.4. The van der Waals surface area contributed by atoms with Crippen LogP contribution in [0.5, 0.6) is 0 Å². The third-order valence-corrected chi connectivity index (χ3v) is 12.7. The van der Waals surface area contributed by atoms with Crippen LogP contribution < -0.4 is 10.6 Å². The molecule has 13 nitrogen and oxygen atoms in total. The van der Waals surface area contributed by atoms with E-state index >= 15 is 0 Å². The molecule has 1 aromatic heterocycles. The lowest BCUT2D eigenvalue weighted by atomic mass is 9.89. The summed E-state index contributed by atoms with van der Waals surface area (Å²) in [5, 5.41) is 5.50. The van der Waals surface area contributed by atoms with E-state index in [0.717, 1.165) is 68.9 Å². The van der Waals surface area contributed by atoms with Gasteiger partial charge in [-0.1, -0.05) is 84.9 Å². The van der Waals surface area contributed by atoms with Crippen molar-refractivity contribution in [3.05, 3.63) is 72.1 Å². The van der Waals surface area contributed by atoms with Gasteiger partial charge in [0, 0.05) is 31.8 Å². The number of fused-ring (bicyclic) bond motifs is 2. The number of amides is 4. The number of alkyl carbamates (subject to hydrolysis) is 2. The highest BCUT2D eigenvalue weighted by Gasteiger charge is 2.44. The summed E-state index contributed by atoms with van der Waals surface area (Å²) in [4.78, 5) is 66.0. The molecule has 60 heavy (non-hydrogen) atoms. The molecule has 2 fully saturated rings. The van der Waals surface area contributed by atoms with Crippen molar-refractivity contribution < 1.29 is 28.7 Å². The second-order valence-electron chi connectivity index (χ2n) is 17.8. The number of hydrogen-bond donors (Lipinski definition) is 2. The Labute approximate surface area is 352 Å². The van der Waals surface area contributed by atoms with Crippen molar-refractivity contribution in [2.24, 2.45) is 35.7 Å². The summed E-state index contributed by atoms with van der Waals surface area (Å²) in [6.45, 7) is 15.4. The summed E-state index contributed by atoms with van der Waals surface area (Å²) in [7, 11) is 4.62. The van der Waals surface area contributed by atoms with Crippen molar-refractivity contribution >= 4 is 46.4 Å². The van der Waals surface area contributed by atoms with Gasteiger partial charge in [-0.2, -0.15) is 0 Å². The number of carbonyl (C=O) groups is 4. The van der Waals surface area contributed by atoms with Crippen LogP contribution >= 0.6 is 0 Å². The largest absolute Gasteiger partial charge is 0.453 e. The molecular formula is C47H59N7O6. The summed E-state index contributed by atoms with van der Waals surface area (Å²) in [6.07, 6.45) is 0.366. The zero-order valence-electron chi connectivity index (χ0n) is 36.5. The maximum absolute atomic E-state index is 13.9. The van der Waals surface area contributed by atoms with E-state index in [1.165, 1.54) is 14.2 Å². The van der Waals surface area contributed by atoms with Crippen LogP contribution in [0.1, 0.15) is 84.7 Å². The third-order valence-electron chi connectivity index (χ3n) is 12.7.